The molecule has 0 spiro atoms. The van der Waals surface area contributed by atoms with Crippen LogP contribution in [0.4, 0.5) is 0 Å². The van der Waals surface area contributed by atoms with E-state index in [0.717, 1.165) is 25.2 Å². The predicted octanol–water partition coefficient (Wildman–Crippen LogP) is 3.21. The van der Waals surface area contributed by atoms with Crippen LogP contribution in [0.25, 0.3) is 0 Å². The first-order chi connectivity index (χ1) is 8.20. The summed E-state index contributed by atoms with van der Waals surface area (Å²) in [4.78, 5) is 0. The Hall–Kier alpha value is -1.02. The van der Waals surface area contributed by atoms with E-state index in [1.54, 1.807) is 0 Å². The van der Waals surface area contributed by atoms with E-state index in [0.29, 0.717) is 17.8 Å². The molecule has 1 aliphatic rings. The molecule has 0 bridgehead atoms. The second-order valence-electron chi connectivity index (χ2n) is 5.46. The van der Waals surface area contributed by atoms with Crippen LogP contribution in [0, 0.1) is 11.8 Å². The molecule has 1 aromatic rings. The Bertz CT molecular complexity index is 360. The first kappa shape index (κ1) is 12.4. The molecule has 1 aliphatic heterocycles. The molecule has 0 aliphatic carbocycles. The molecule has 2 atom stereocenters. The Morgan fingerprint density at radius 3 is 2.82 bits per heavy atom. The fraction of sp³-hybridized carbons (Fsp3) is 0.600. The summed E-state index contributed by atoms with van der Waals surface area (Å²) in [5.41, 5.74) is 1.31. The third-order valence-electron chi connectivity index (χ3n) is 3.48. The first-order valence-corrected chi connectivity index (χ1v) is 6.53. The van der Waals surface area contributed by atoms with Gasteiger partial charge in [0.25, 0.3) is 0 Å². The zero-order valence-electron chi connectivity index (χ0n) is 10.7. The minimum atomic E-state index is 0.289. The predicted molar refractivity (Wildman–Crippen MR) is 69.3 cm³/mol. The minimum Gasteiger partial charge on any atom is -0.493 e. The number of hydrogen-bond donors (Lipinski definition) is 1. The smallest absolute Gasteiger partial charge is 0.122 e. The summed E-state index contributed by atoms with van der Waals surface area (Å²) in [5, 5.41) is 9.44. The largest absolute Gasteiger partial charge is 0.493 e. The van der Waals surface area contributed by atoms with Crippen molar-refractivity contribution in [2.45, 2.75) is 32.6 Å². The van der Waals surface area contributed by atoms with Crippen LogP contribution in [-0.2, 0) is 0 Å². The van der Waals surface area contributed by atoms with Gasteiger partial charge in [-0.1, -0.05) is 32.0 Å². The van der Waals surface area contributed by atoms with Crippen LogP contribution in [0.15, 0.2) is 24.3 Å². The normalized spacial score (nSPS) is 20.1. The van der Waals surface area contributed by atoms with Crippen LogP contribution >= 0.6 is 0 Å². The SMILES string of the molecule is CC(C)CC(CO)CC1COc2ccccc21. The first-order valence-electron chi connectivity index (χ1n) is 6.53. The van der Waals surface area contributed by atoms with E-state index in [4.69, 9.17) is 4.74 Å². The lowest BCUT2D eigenvalue weighted by Crippen LogP contribution is -2.14. The van der Waals surface area contributed by atoms with Gasteiger partial charge < -0.3 is 9.84 Å². The Balaban J connectivity index is 2.00. The van der Waals surface area contributed by atoms with Crippen molar-refractivity contribution in [3.8, 4) is 5.75 Å². The highest BCUT2D eigenvalue weighted by molar-refractivity contribution is 5.39. The van der Waals surface area contributed by atoms with Gasteiger partial charge in [-0.2, -0.15) is 0 Å². The number of para-hydroxylation sites is 1. The fourth-order valence-electron chi connectivity index (χ4n) is 2.74. The molecule has 1 N–H and O–H groups in total. The Morgan fingerprint density at radius 1 is 1.35 bits per heavy atom. The average molecular weight is 234 g/mol. The van der Waals surface area contributed by atoms with Gasteiger partial charge in [-0.05, 0) is 30.7 Å². The summed E-state index contributed by atoms with van der Waals surface area (Å²) < 4.78 is 5.68. The maximum atomic E-state index is 9.44. The summed E-state index contributed by atoms with van der Waals surface area (Å²) in [7, 11) is 0. The fourth-order valence-corrected chi connectivity index (χ4v) is 2.74. The van der Waals surface area contributed by atoms with Crippen molar-refractivity contribution in [2.75, 3.05) is 13.2 Å². The lowest BCUT2D eigenvalue weighted by Gasteiger charge is -2.19. The molecule has 0 fully saturated rings. The standard InChI is InChI=1S/C15H22O2/c1-11(2)7-12(9-16)8-13-10-17-15-6-4-3-5-14(13)15/h3-6,11-13,16H,7-10H2,1-2H3. The van der Waals surface area contributed by atoms with Gasteiger partial charge in [-0.15, -0.1) is 0 Å². The third kappa shape index (κ3) is 3.01. The molecule has 0 amide bonds. The van der Waals surface area contributed by atoms with E-state index in [9.17, 15) is 5.11 Å². The zero-order chi connectivity index (χ0) is 12.3. The number of aliphatic hydroxyl groups excluding tert-OH is 1. The lowest BCUT2D eigenvalue weighted by molar-refractivity contribution is 0.184. The van der Waals surface area contributed by atoms with Gasteiger partial charge in [0.15, 0.2) is 0 Å². The number of benzene rings is 1. The quantitative estimate of drug-likeness (QED) is 0.847. The van der Waals surface area contributed by atoms with Crippen LogP contribution in [0.2, 0.25) is 0 Å². The van der Waals surface area contributed by atoms with Crippen molar-refractivity contribution in [3.05, 3.63) is 29.8 Å². The molecular weight excluding hydrogens is 212 g/mol. The van der Waals surface area contributed by atoms with E-state index in [1.165, 1.54) is 5.56 Å². The van der Waals surface area contributed by atoms with E-state index >= 15 is 0 Å². The highest BCUT2D eigenvalue weighted by Gasteiger charge is 2.26. The van der Waals surface area contributed by atoms with E-state index < -0.39 is 0 Å². The number of hydrogen-bond acceptors (Lipinski definition) is 2. The van der Waals surface area contributed by atoms with Crippen molar-refractivity contribution >= 4 is 0 Å². The van der Waals surface area contributed by atoms with Gasteiger partial charge in [0.2, 0.25) is 0 Å². The van der Waals surface area contributed by atoms with Crippen LogP contribution in [0.5, 0.6) is 5.75 Å². The van der Waals surface area contributed by atoms with Crippen molar-refractivity contribution < 1.29 is 9.84 Å². The number of rotatable bonds is 5. The molecule has 2 heteroatoms. The molecule has 2 rings (SSSR count). The summed E-state index contributed by atoms with van der Waals surface area (Å²) in [6.45, 7) is 5.48. The third-order valence-corrected chi connectivity index (χ3v) is 3.48. The second-order valence-corrected chi connectivity index (χ2v) is 5.46. The molecule has 0 aromatic heterocycles. The van der Waals surface area contributed by atoms with Crippen LogP contribution in [0.1, 0.15) is 38.2 Å². The summed E-state index contributed by atoms with van der Waals surface area (Å²) >= 11 is 0. The summed E-state index contributed by atoms with van der Waals surface area (Å²) in [5.74, 6) is 2.53. The molecule has 17 heavy (non-hydrogen) atoms. The van der Waals surface area contributed by atoms with E-state index in [-0.39, 0.29) is 6.61 Å². The van der Waals surface area contributed by atoms with Gasteiger partial charge in [0, 0.05) is 18.1 Å². The van der Waals surface area contributed by atoms with Crippen molar-refractivity contribution in [2.24, 2.45) is 11.8 Å². The summed E-state index contributed by atoms with van der Waals surface area (Å²) in [6.07, 6.45) is 2.13. The Labute approximate surface area is 104 Å². The highest BCUT2D eigenvalue weighted by atomic mass is 16.5. The number of fused-ring (bicyclic) bond motifs is 1. The van der Waals surface area contributed by atoms with Crippen LogP contribution < -0.4 is 4.74 Å². The van der Waals surface area contributed by atoms with E-state index in [2.05, 4.69) is 26.0 Å². The molecule has 2 nitrogen and oxygen atoms in total. The van der Waals surface area contributed by atoms with Crippen molar-refractivity contribution in [3.63, 3.8) is 0 Å². The highest BCUT2D eigenvalue weighted by Crippen LogP contribution is 2.38. The van der Waals surface area contributed by atoms with Gasteiger partial charge in [0.05, 0.1) is 6.61 Å². The van der Waals surface area contributed by atoms with Crippen molar-refractivity contribution in [1.82, 2.24) is 0 Å². The molecule has 0 saturated heterocycles. The molecule has 2 unspecified atom stereocenters. The van der Waals surface area contributed by atoms with Gasteiger partial charge in [0.1, 0.15) is 5.75 Å². The van der Waals surface area contributed by atoms with Gasteiger partial charge in [-0.3, -0.25) is 0 Å². The molecule has 1 heterocycles. The van der Waals surface area contributed by atoms with Gasteiger partial charge in [-0.25, -0.2) is 0 Å². The number of ether oxygens (including phenoxy) is 1. The zero-order valence-corrected chi connectivity index (χ0v) is 10.7. The molecule has 94 valence electrons. The Morgan fingerprint density at radius 2 is 2.12 bits per heavy atom. The molecule has 0 saturated carbocycles. The maximum absolute atomic E-state index is 9.44. The minimum absolute atomic E-state index is 0.289. The topological polar surface area (TPSA) is 29.5 Å². The second kappa shape index (κ2) is 5.54. The van der Waals surface area contributed by atoms with Crippen molar-refractivity contribution in [1.29, 1.82) is 0 Å². The lowest BCUT2D eigenvalue weighted by atomic mass is 9.86. The van der Waals surface area contributed by atoms with Crippen LogP contribution in [-0.4, -0.2) is 18.3 Å². The molecule has 0 radical (unpaired) electrons. The molecule has 1 aromatic carbocycles. The Kier molecular flexibility index (Phi) is 4.06. The maximum Gasteiger partial charge on any atom is 0.122 e. The monoisotopic (exact) mass is 234 g/mol. The summed E-state index contributed by atoms with van der Waals surface area (Å²) in [6, 6.07) is 8.26. The average Bonchev–Trinajstić information content (AvgIpc) is 2.71. The van der Waals surface area contributed by atoms with Crippen LogP contribution in [0.3, 0.4) is 0 Å². The number of aliphatic hydroxyl groups is 1. The van der Waals surface area contributed by atoms with E-state index in [1.807, 2.05) is 12.1 Å². The molecular formula is C15H22O2. The van der Waals surface area contributed by atoms with Gasteiger partial charge >= 0.3 is 0 Å².